The first-order chi connectivity index (χ1) is 13.6. The Morgan fingerprint density at radius 2 is 2.07 bits per heavy atom. The van der Waals surface area contributed by atoms with Crippen molar-refractivity contribution in [1.29, 1.82) is 0 Å². The number of nitro groups is 1. The Balaban J connectivity index is 1.35. The van der Waals surface area contributed by atoms with Crippen LogP contribution in [-0.2, 0) is 11.2 Å². The van der Waals surface area contributed by atoms with Gasteiger partial charge < -0.3 is 20.3 Å². The van der Waals surface area contributed by atoms with Crippen molar-refractivity contribution in [3.63, 3.8) is 0 Å². The molecule has 2 aromatic heterocycles. The molecule has 1 N–H and O–H groups in total. The van der Waals surface area contributed by atoms with Crippen LogP contribution in [0.4, 0.5) is 11.6 Å². The van der Waals surface area contributed by atoms with Crippen LogP contribution in [0, 0.1) is 10.1 Å². The molecule has 28 heavy (non-hydrogen) atoms. The number of aryl methyl sites for hydroxylation is 1. The highest BCUT2D eigenvalue weighted by atomic mass is 16.6. The minimum absolute atomic E-state index is 0.0632. The lowest BCUT2D eigenvalue weighted by Gasteiger charge is -2.17. The smallest absolute Gasteiger partial charge is 0.362 e. The number of anilines is 1. The quantitative estimate of drug-likeness (QED) is 0.519. The van der Waals surface area contributed by atoms with Gasteiger partial charge in [0.05, 0.1) is 0 Å². The maximum absolute atomic E-state index is 12.5. The Morgan fingerprint density at radius 1 is 1.25 bits per heavy atom. The second-order valence-electron chi connectivity index (χ2n) is 6.82. The molecule has 1 aromatic carbocycles. The number of rotatable bonds is 6. The van der Waals surface area contributed by atoms with E-state index >= 15 is 0 Å². The Hall–Kier alpha value is -3.49. The minimum Gasteiger partial charge on any atom is -0.362 e. The molecule has 1 fully saturated rings. The van der Waals surface area contributed by atoms with Gasteiger partial charge in [0.25, 0.3) is 0 Å². The van der Waals surface area contributed by atoms with Gasteiger partial charge in [-0.15, -0.1) is 0 Å². The molecular formula is C19H20N6O3. The molecular weight excluding hydrogens is 360 g/mol. The van der Waals surface area contributed by atoms with Gasteiger partial charge in [-0.3, -0.25) is 4.79 Å². The highest BCUT2D eigenvalue weighted by Gasteiger charge is 2.26. The van der Waals surface area contributed by atoms with Gasteiger partial charge in [0.2, 0.25) is 11.6 Å². The zero-order valence-corrected chi connectivity index (χ0v) is 15.2. The molecule has 3 aromatic rings. The predicted octanol–water partition coefficient (Wildman–Crippen LogP) is 2.28. The largest absolute Gasteiger partial charge is 0.368 e. The molecule has 0 saturated carbocycles. The van der Waals surface area contributed by atoms with E-state index in [-0.39, 0.29) is 17.8 Å². The monoisotopic (exact) mass is 380 g/mol. The Labute approximate surface area is 161 Å². The molecule has 4 rings (SSSR count). The summed E-state index contributed by atoms with van der Waals surface area (Å²) in [7, 11) is 0. The van der Waals surface area contributed by atoms with Crippen molar-refractivity contribution in [1.82, 2.24) is 19.5 Å². The molecule has 1 atom stereocenters. The van der Waals surface area contributed by atoms with Gasteiger partial charge in [0.1, 0.15) is 6.20 Å². The van der Waals surface area contributed by atoms with Crippen LogP contribution >= 0.6 is 0 Å². The molecule has 1 amide bonds. The van der Waals surface area contributed by atoms with Crippen molar-refractivity contribution in [2.24, 2.45) is 0 Å². The summed E-state index contributed by atoms with van der Waals surface area (Å²) in [4.78, 5) is 28.8. The van der Waals surface area contributed by atoms with Gasteiger partial charge in [0.15, 0.2) is 5.82 Å². The number of carbonyl (C=O) groups excluding carboxylic acids is 1. The van der Waals surface area contributed by atoms with Crippen molar-refractivity contribution < 1.29 is 9.72 Å². The summed E-state index contributed by atoms with van der Waals surface area (Å²) in [6.45, 7) is 1.29. The fraction of sp³-hybridized carbons (Fsp3) is 0.316. The topological polar surface area (TPSA) is 106 Å². The number of benzene rings is 1. The average molecular weight is 380 g/mol. The second kappa shape index (κ2) is 7.63. The van der Waals surface area contributed by atoms with E-state index in [0.29, 0.717) is 31.0 Å². The first kappa shape index (κ1) is 17.9. The standard InChI is InChI=1S/C19H20N6O3/c26-19(9-6-14-4-2-1-3-5-14)23-11-10-15(13-23)21-16-7-8-17-20-12-18(25(27)28)24(17)22-16/h1-5,7-8,12,15H,6,9-11,13H2,(H,21,22). The molecule has 3 heterocycles. The summed E-state index contributed by atoms with van der Waals surface area (Å²) < 4.78 is 1.21. The van der Waals surface area contributed by atoms with Gasteiger partial charge in [-0.05, 0) is 29.4 Å². The molecule has 144 valence electrons. The van der Waals surface area contributed by atoms with Gasteiger partial charge in [-0.25, -0.2) is 4.98 Å². The molecule has 1 unspecified atom stereocenters. The lowest BCUT2D eigenvalue weighted by molar-refractivity contribution is -0.391. The summed E-state index contributed by atoms with van der Waals surface area (Å²) in [5.41, 5.74) is 1.57. The number of hydrogen-bond acceptors (Lipinski definition) is 6. The molecule has 0 bridgehead atoms. The van der Waals surface area contributed by atoms with Crippen LogP contribution in [-0.4, -0.2) is 49.5 Å². The zero-order valence-electron chi connectivity index (χ0n) is 15.2. The maximum atomic E-state index is 12.5. The molecule has 1 saturated heterocycles. The van der Waals surface area contributed by atoms with Crippen LogP contribution in [0.3, 0.4) is 0 Å². The third kappa shape index (κ3) is 3.78. The van der Waals surface area contributed by atoms with E-state index < -0.39 is 4.92 Å². The lowest BCUT2D eigenvalue weighted by atomic mass is 10.1. The SMILES string of the molecule is O=C(CCc1ccccc1)N1CCC(Nc2ccc3ncc([N+](=O)[O-])n3n2)C1. The molecule has 0 radical (unpaired) electrons. The third-order valence-corrected chi connectivity index (χ3v) is 4.89. The Kier molecular flexibility index (Phi) is 4.88. The predicted molar refractivity (Wildman–Crippen MR) is 103 cm³/mol. The van der Waals surface area contributed by atoms with Crippen LogP contribution in [0.15, 0.2) is 48.7 Å². The number of carbonyl (C=O) groups is 1. The number of likely N-dealkylation sites (tertiary alicyclic amines) is 1. The number of imidazole rings is 1. The van der Waals surface area contributed by atoms with E-state index in [0.717, 1.165) is 18.4 Å². The summed E-state index contributed by atoms with van der Waals surface area (Å²) in [6.07, 6.45) is 3.22. The van der Waals surface area contributed by atoms with Crippen molar-refractivity contribution in [2.45, 2.75) is 25.3 Å². The van der Waals surface area contributed by atoms with Crippen LogP contribution in [0.1, 0.15) is 18.4 Å². The van der Waals surface area contributed by atoms with E-state index in [9.17, 15) is 14.9 Å². The fourth-order valence-corrected chi connectivity index (χ4v) is 3.43. The summed E-state index contributed by atoms with van der Waals surface area (Å²) in [5, 5.41) is 18.6. The summed E-state index contributed by atoms with van der Waals surface area (Å²) in [5.74, 6) is 0.488. The van der Waals surface area contributed by atoms with Crippen molar-refractivity contribution in [3.05, 3.63) is 64.3 Å². The fourth-order valence-electron chi connectivity index (χ4n) is 3.43. The Morgan fingerprint density at radius 3 is 2.86 bits per heavy atom. The van der Waals surface area contributed by atoms with E-state index in [2.05, 4.69) is 15.4 Å². The number of amides is 1. The number of hydrogen-bond donors (Lipinski definition) is 1. The molecule has 1 aliphatic heterocycles. The maximum Gasteiger partial charge on any atom is 0.368 e. The highest BCUT2D eigenvalue weighted by molar-refractivity contribution is 5.77. The van der Waals surface area contributed by atoms with E-state index in [4.69, 9.17) is 0 Å². The zero-order chi connectivity index (χ0) is 19.5. The molecule has 0 spiro atoms. The van der Waals surface area contributed by atoms with Gasteiger partial charge >= 0.3 is 5.82 Å². The van der Waals surface area contributed by atoms with E-state index in [1.54, 1.807) is 12.1 Å². The Bertz CT molecular complexity index is 1000. The second-order valence-corrected chi connectivity index (χ2v) is 6.82. The third-order valence-electron chi connectivity index (χ3n) is 4.89. The van der Waals surface area contributed by atoms with Crippen molar-refractivity contribution in [2.75, 3.05) is 18.4 Å². The van der Waals surface area contributed by atoms with Gasteiger partial charge in [-0.1, -0.05) is 39.9 Å². The van der Waals surface area contributed by atoms with Crippen molar-refractivity contribution in [3.8, 4) is 0 Å². The summed E-state index contributed by atoms with van der Waals surface area (Å²) in [6, 6.07) is 13.5. The van der Waals surface area contributed by atoms with Gasteiger partial charge in [-0.2, -0.15) is 0 Å². The molecule has 0 aliphatic carbocycles. The number of aromatic nitrogens is 3. The average Bonchev–Trinajstić information content (AvgIpc) is 3.34. The normalized spacial score (nSPS) is 16.4. The van der Waals surface area contributed by atoms with Crippen LogP contribution < -0.4 is 5.32 Å². The number of nitrogens with zero attached hydrogens (tertiary/aromatic N) is 5. The van der Waals surface area contributed by atoms with Crippen LogP contribution in [0.25, 0.3) is 5.65 Å². The first-order valence-corrected chi connectivity index (χ1v) is 9.17. The number of fused-ring (bicyclic) bond motifs is 1. The first-order valence-electron chi connectivity index (χ1n) is 9.17. The van der Waals surface area contributed by atoms with Crippen molar-refractivity contribution >= 4 is 23.2 Å². The van der Waals surface area contributed by atoms with E-state index in [1.807, 2.05) is 35.2 Å². The lowest BCUT2D eigenvalue weighted by Crippen LogP contribution is -2.31. The molecule has 9 heteroatoms. The highest BCUT2D eigenvalue weighted by Crippen LogP contribution is 2.18. The molecule has 1 aliphatic rings. The molecule has 9 nitrogen and oxygen atoms in total. The van der Waals surface area contributed by atoms with E-state index in [1.165, 1.54) is 10.7 Å². The van der Waals surface area contributed by atoms with Crippen LogP contribution in [0.2, 0.25) is 0 Å². The van der Waals surface area contributed by atoms with Crippen LogP contribution in [0.5, 0.6) is 0 Å². The summed E-state index contributed by atoms with van der Waals surface area (Å²) >= 11 is 0. The number of nitrogens with one attached hydrogen (secondary N) is 1. The van der Waals surface area contributed by atoms with Gasteiger partial charge in [0, 0.05) is 31.6 Å². The minimum atomic E-state index is -0.514.